The highest BCUT2D eigenvalue weighted by Crippen LogP contribution is 2.54. The van der Waals surface area contributed by atoms with Gasteiger partial charge in [0, 0.05) is 23.3 Å². The van der Waals surface area contributed by atoms with Crippen molar-refractivity contribution >= 4 is 11.4 Å². The lowest BCUT2D eigenvalue weighted by atomic mass is 9.73. The normalized spacial score (nSPS) is 20.7. The zero-order valence-electron chi connectivity index (χ0n) is 22.2. The van der Waals surface area contributed by atoms with Gasteiger partial charge in [0.1, 0.15) is 22.9 Å². The topological polar surface area (TPSA) is 56.8 Å². The molecule has 1 aliphatic carbocycles. The SMILES string of the molecule is COc1ccc(COc2cccc3c2CC2(CCN(CC(C)C)CC2)[C@@H]3N[S+]([O-])C(C)(C)C)cc1. The molecule has 2 aromatic carbocycles. The Morgan fingerprint density at radius 2 is 1.80 bits per heavy atom. The number of fused-ring (bicyclic) bond motifs is 1. The summed E-state index contributed by atoms with van der Waals surface area (Å²) in [6.07, 6.45) is 3.17. The van der Waals surface area contributed by atoms with Crippen molar-refractivity contribution < 1.29 is 14.0 Å². The van der Waals surface area contributed by atoms with E-state index in [9.17, 15) is 4.55 Å². The lowest BCUT2D eigenvalue weighted by Gasteiger charge is -2.44. The highest BCUT2D eigenvalue weighted by molar-refractivity contribution is 7.90. The minimum atomic E-state index is -1.14. The molecule has 1 fully saturated rings. The summed E-state index contributed by atoms with van der Waals surface area (Å²) in [6, 6.07) is 14.5. The van der Waals surface area contributed by atoms with Crippen LogP contribution in [-0.2, 0) is 24.4 Å². The lowest BCUT2D eigenvalue weighted by molar-refractivity contribution is 0.0770. The van der Waals surface area contributed by atoms with Crippen LogP contribution in [0.4, 0.5) is 0 Å². The number of hydrogen-bond donors (Lipinski definition) is 1. The molecule has 0 saturated carbocycles. The van der Waals surface area contributed by atoms with E-state index < -0.39 is 11.4 Å². The molecule has 1 unspecified atom stereocenters. The van der Waals surface area contributed by atoms with Crippen molar-refractivity contribution in [3.8, 4) is 11.5 Å². The van der Waals surface area contributed by atoms with E-state index >= 15 is 0 Å². The maximum absolute atomic E-state index is 13.3. The van der Waals surface area contributed by atoms with Crippen LogP contribution in [0.25, 0.3) is 0 Å². The van der Waals surface area contributed by atoms with Gasteiger partial charge in [-0.2, -0.15) is 0 Å². The maximum Gasteiger partial charge on any atom is 0.136 e. The van der Waals surface area contributed by atoms with Crippen molar-refractivity contribution in [1.29, 1.82) is 0 Å². The van der Waals surface area contributed by atoms with E-state index in [2.05, 4.69) is 41.7 Å². The minimum absolute atomic E-state index is 0.0658. The number of piperidine rings is 1. The van der Waals surface area contributed by atoms with E-state index in [4.69, 9.17) is 9.47 Å². The van der Waals surface area contributed by atoms with Crippen molar-refractivity contribution in [3.63, 3.8) is 0 Å². The summed E-state index contributed by atoms with van der Waals surface area (Å²) in [4.78, 5) is 2.60. The number of benzene rings is 2. The standard InChI is InChI=1S/C29H42N2O3S/c1-21(2)19-31-16-14-29(15-17-31)18-25-24(27(29)30-35(32)28(3,4)5)8-7-9-26(25)34-20-22-10-12-23(33-6)13-11-22/h7-13,21,27,30H,14-20H2,1-6H3/t27-,35?/m1/s1. The first-order valence-corrected chi connectivity index (χ1v) is 14.0. The van der Waals surface area contributed by atoms with Gasteiger partial charge in [0.2, 0.25) is 0 Å². The van der Waals surface area contributed by atoms with Crippen LogP contribution >= 0.6 is 0 Å². The first-order chi connectivity index (χ1) is 16.6. The third kappa shape index (κ3) is 5.99. The molecule has 0 aromatic heterocycles. The Morgan fingerprint density at radius 3 is 2.40 bits per heavy atom. The fourth-order valence-electron chi connectivity index (χ4n) is 5.48. The van der Waals surface area contributed by atoms with Gasteiger partial charge in [-0.3, -0.25) is 0 Å². The van der Waals surface area contributed by atoms with E-state index in [1.165, 1.54) is 11.1 Å². The van der Waals surface area contributed by atoms with Gasteiger partial charge in [-0.1, -0.05) is 38.1 Å². The van der Waals surface area contributed by atoms with E-state index in [-0.39, 0.29) is 16.2 Å². The molecule has 192 valence electrons. The van der Waals surface area contributed by atoms with Gasteiger partial charge >= 0.3 is 0 Å². The van der Waals surface area contributed by atoms with Gasteiger partial charge in [-0.15, -0.1) is 4.72 Å². The molecular weight excluding hydrogens is 456 g/mol. The van der Waals surface area contributed by atoms with Gasteiger partial charge in [0.25, 0.3) is 0 Å². The average molecular weight is 499 g/mol. The van der Waals surface area contributed by atoms with Crippen molar-refractivity contribution in [2.75, 3.05) is 26.7 Å². The monoisotopic (exact) mass is 498 g/mol. The predicted molar refractivity (Wildman–Crippen MR) is 144 cm³/mol. The third-order valence-electron chi connectivity index (χ3n) is 7.43. The van der Waals surface area contributed by atoms with E-state index in [0.29, 0.717) is 12.5 Å². The van der Waals surface area contributed by atoms with Gasteiger partial charge in [0.15, 0.2) is 0 Å². The molecule has 0 bridgehead atoms. The van der Waals surface area contributed by atoms with Crippen LogP contribution in [0.5, 0.6) is 11.5 Å². The molecule has 5 nitrogen and oxygen atoms in total. The Bertz CT molecular complexity index is 978. The minimum Gasteiger partial charge on any atom is -0.598 e. The zero-order chi connectivity index (χ0) is 25.2. The van der Waals surface area contributed by atoms with E-state index in [1.807, 2.05) is 45.0 Å². The molecule has 1 saturated heterocycles. The maximum atomic E-state index is 13.3. The zero-order valence-corrected chi connectivity index (χ0v) is 23.0. The first kappa shape index (κ1) is 26.3. The summed E-state index contributed by atoms with van der Waals surface area (Å²) < 4.78 is 28.2. The Kier molecular flexibility index (Phi) is 8.06. The second-order valence-electron chi connectivity index (χ2n) is 11.6. The van der Waals surface area contributed by atoms with Gasteiger partial charge in [-0.05, 0) is 93.9 Å². The predicted octanol–water partition coefficient (Wildman–Crippen LogP) is 5.66. The van der Waals surface area contributed by atoms with Crippen molar-refractivity contribution in [1.82, 2.24) is 9.62 Å². The summed E-state index contributed by atoms with van der Waals surface area (Å²) in [7, 11) is 1.68. The van der Waals surface area contributed by atoms with Crippen LogP contribution in [0.3, 0.4) is 0 Å². The number of likely N-dealkylation sites (tertiary alicyclic amines) is 1. The summed E-state index contributed by atoms with van der Waals surface area (Å²) in [6.45, 7) is 14.5. The van der Waals surface area contributed by atoms with Crippen LogP contribution in [0.2, 0.25) is 0 Å². The molecule has 6 heteroatoms. The number of nitrogens with one attached hydrogen (secondary N) is 1. The molecular formula is C29H42N2O3S. The molecule has 1 N–H and O–H groups in total. The second-order valence-corrected chi connectivity index (χ2v) is 13.6. The molecule has 35 heavy (non-hydrogen) atoms. The average Bonchev–Trinajstić information content (AvgIpc) is 3.12. The number of nitrogens with zero attached hydrogens (tertiary/aromatic N) is 1. The third-order valence-corrected chi connectivity index (χ3v) is 8.99. The number of rotatable bonds is 8. The number of hydrogen-bond acceptors (Lipinski definition) is 5. The molecule has 0 amide bonds. The quantitative estimate of drug-likeness (QED) is 0.476. The van der Waals surface area contributed by atoms with Gasteiger partial charge < -0.3 is 18.9 Å². The summed E-state index contributed by atoms with van der Waals surface area (Å²) in [5.41, 5.74) is 3.71. The summed E-state index contributed by atoms with van der Waals surface area (Å²) >= 11 is -1.14. The van der Waals surface area contributed by atoms with Crippen molar-refractivity contribution in [2.45, 2.75) is 71.3 Å². The second kappa shape index (κ2) is 10.7. The Hall–Kier alpha value is -1.73. The molecule has 0 radical (unpaired) electrons. The van der Waals surface area contributed by atoms with Crippen LogP contribution in [-0.4, -0.2) is 40.9 Å². The van der Waals surface area contributed by atoms with Gasteiger partial charge in [-0.25, -0.2) is 0 Å². The van der Waals surface area contributed by atoms with Crippen molar-refractivity contribution in [3.05, 3.63) is 59.2 Å². The Morgan fingerprint density at radius 1 is 1.11 bits per heavy atom. The molecule has 2 atom stereocenters. The Balaban J connectivity index is 1.58. The summed E-state index contributed by atoms with van der Waals surface area (Å²) in [5, 5.41) is 0. The van der Waals surface area contributed by atoms with Crippen LogP contribution in [0.15, 0.2) is 42.5 Å². The molecule has 2 aliphatic rings. The number of ether oxygens (including phenoxy) is 2. The fourth-order valence-corrected chi connectivity index (χ4v) is 6.42. The van der Waals surface area contributed by atoms with E-state index in [0.717, 1.165) is 56.0 Å². The highest BCUT2D eigenvalue weighted by Gasteiger charge is 2.51. The molecule has 1 aliphatic heterocycles. The van der Waals surface area contributed by atoms with Crippen molar-refractivity contribution in [2.24, 2.45) is 11.3 Å². The van der Waals surface area contributed by atoms with Crippen LogP contribution in [0.1, 0.15) is 70.2 Å². The van der Waals surface area contributed by atoms with E-state index in [1.54, 1.807) is 7.11 Å². The fraction of sp³-hybridized carbons (Fsp3) is 0.586. The molecule has 2 aromatic rings. The molecule has 1 heterocycles. The lowest BCUT2D eigenvalue weighted by Crippen LogP contribution is -2.50. The molecule has 1 spiro atoms. The highest BCUT2D eigenvalue weighted by atomic mass is 32.2. The Labute approximate surface area is 214 Å². The van der Waals surface area contributed by atoms with Gasteiger partial charge in [0.05, 0.1) is 13.2 Å². The number of methoxy groups -OCH3 is 1. The smallest absolute Gasteiger partial charge is 0.136 e. The molecule has 4 rings (SSSR count). The van der Waals surface area contributed by atoms with Crippen LogP contribution < -0.4 is 14.2 Å². The van der Waals surface area contributed by atoms with Crippen LogP contribution in [0, 0.1) is 11.3 Å². The largest absolute Gasteiger partial charge is 0.598 e. The first-order valence-electron chi connectivity index (χ1n) is 12.9. The summed E-state index contributed by atoms with van der Waals surface area (Å²) in [5.74, 6) is 2.47.